The number of carbonyl (C=O) groups is 3. The van der Waals surface area contributed by atoms with Crippen molar-refractivity contribution in [3.05, 3.63) is 46.6 Å². The number of esters is 1. The lowest BCUT2D eigenvalue weighted by Gasteiger charge is -2.17. The molecule has 3 heterocycles. The predicted molar refractivity (Wildman–Crippen MR) is 93.6 cm³/mol. The van der Waals surface area contributed by atoms with E-state index >= 15 is 0 Å². The molecule has 0 N–H and O–H groups in total. The molecule has 4 rings (SSSR count). The molecule has 2 amide bonds. The Hall–Kier alpha value is -3.07. The van der Waals surface area contributed by atoms with Gasteiger partial charge < -0.3 is 14.0 Å². The first-order valence-electron chi connectivity index (χ1n) is 9.17. The van der Waals surface area contributed by atoms with Gasteiger partial charge in [0.1, 0.15) is 0 Å². The van der Waals surface area contributed by atoms with Crippen molar-refractivity contribution in [2.75, 3.05) is 13.2 Å². The number of aromatic nitrogens is 2. The topological polar surface area (TPSA) is 112 Å². The summed E-state index contributed by atoms with van der Waals surface area (Å²) in [6, 6.07) is 4.33. The molecule has 1 fully saturated rings. The number of imide groups is 1. The van der Waals surface area contributed by atoms with Crippen molar-refractivity contribution in [2.45, 2.75) is 38.9 Å². The van der Waals surface area contributed by atoms with Crippen LogP contribution in [0.15, 0.2) is 22.7 Å². The Kier molecular flexibility index (Phi) is 4.91. The number of nitrogens with zero attached hydrogens (tertiary/aromatic N) is 3. The molecule has 9 heteroatoms. The SMILES string of the molecule is CCc1noc(COC(=O)c2ccc3c(c2)C(=O)N(CC2CCCO2)C3=O)n1. The van der Waals surface area contributed by atoms with Crippen LogP contribution in [0.5, 0.6) is 0 Å². The first kappa shape index (κ1) is 18.3. The molecule has 2 aliphatic heterocycles. The molecule has 0 aliphatic carbocycles. The highest BCUT2D eigenvalue weighted by atomic mass is 16.6. The molecule has 1 unspecified atom stereocenters. The third-order valence-corrected chi connectivity index (χ3v) is 4.77. The number of amides is 2. The van der Waals surface area contributed by atoms with Crippen LogP contribution in [0, 0.1) is 0 Å². The molecule has 1 saturated heterocycles. The lowest BCUT2D eigenvalue weighted by Crippen LogP contribution is -2.36. The van der Waals surface area contributed by atoms with Crippen LogP contribution in [0.2, 0.25) is 0 Å². The summed E-state index contributed by atoms with van der Waals surface area (Å²) >= 11 is 0. The number of ether oxygens (including phenoxy) is 2. The first-order valence-corrected chi connectivity index (χ1v) is 9.17. The normalized spacial score (nSPS) is 18.6. The Morgan fingerprint density at radius 2 is 2.11 bits per heavy atom. The Labute approximate surface area is 160 Å². The zero-order valence-corrected chi connectivity index (χ0v) is 15.3. The van der Waals surface area contributed by atoms with E-state index < -0.39 is 11.9 Å². The summed E-state index contributed by atoms with van der Waals surface area (Å²) in [5.41, 5.74) is 0.654. The van der Waals surface area contributed by atoms with Crippen LogP contribution in [-0.2, 0) is 22.5 Å². The summed E-state index contributed by atoms with van der Waals surface area (Å²) < 4.78 is 15.6. The van der Waals surface area contributed by atoms with Gasteiger partial charge in [0.25, 0.3) is 17.7 Å². The molecule has 0 radical (unpaired) electrons. The molecule has 0 saturated carbocycles. The van der Waals surface area contributed by atoms with Gasteiger partial charge in [0, 0.05) is 13.0 Å². The lowest BCUT2D eigenvalue weighted by molar-refractivity contribution is 0.0429. The molecule has 2 aliphatic rings. The van der Waals surface area contributed by atoms with Crippen LogP contribution in [0.4, 0.5) is 0 Å². The smallest absolute Gasteiger partial charge is 0.338 e. The Balaban J connectivity index is 1.45. The van der Waals surface area contributed by atoms with Crippen LogP contribution in [0.1, 0.15) is 62.6 Å². The molecular weight excluding hydrogens is 366 g/mol. The van der Waals surface area contributed by atoms with Gasteiger partial charge >= 0.3 is 5.97 Å². The standard InChI is InChI=1S/C19H19N3O6/c1-2-15-20-16(28-21-15)10-27-19(25)11-5-6-13-14(8-11)18(24)22(17(13)23)9-12-4-3-7-26-12/h5-6,8,12H,2-4,7,9-10H2,1H3. The van der Waals surface area contributed by atoms with E-state index in [0.29, 0.717) is 18.9 Å². The average Bonchev–Trinajstić information content (AvgIpc) is 3.44. The van der Waals surface area contributed by atoms with Crippen LogP contribution < -0.4 is 0 Å². The molecule has 28 heavy (non-hydrogen) atoms. The summed E-state index contributed by atoms with van der Waals surface area (Å²) in [6.45, 7) is 2.58. The Morgan fingerprint density at radius 3 is 2.82 bits per heavy atom. The first-order chi connectivity index (χ1) is 13.6. The predicted octanol–water partition coefficient (Wildman–Crippen LogP) is 1.76. The third-order valence-electron chi connectivity index (χ3n) is 4.77. The second-order valence-electron chi connectivity index (χ2n) is 6.65. The minimum absolute atomic E-state index is 0.130. The van der Waals surface area contributed by atoms with Crippen molar-refractivity contribution < 1.29 is 28.4 Å². The van der Waals surface area contributed by atoms with Crippen molar-refractivity contribution in [3.63, 3.8) is 0 Å². The zero-order valence-electron chi connectivity index (χ0n) is 15.3. The molecule has 1 aromatic heterocycles. The molecule has 2 aromatic rings. The number of hydrogen-bond acceptors (Lipinski definition) is 8. The molecule has 0 spiro atoms. The molecule has 146 valence electrons. The van der Waals surface area contributed by atoms with Gasteiger partial charge in [-0.05, 0) is 31.0 Å². The van der Waals surface area contributed by atoms with Gasteiger partial charge in [-0.2, -0.15) is 4.98 Å². The fourth-order valence-corrected chi connectivity index (χ4v) is 3.28. The fraction of sp³-hybridized carbons (Fsp3) is 0.421. The molecular formula is C19H19N3O6. The number of carbonyl (C=O) groups excluding carboxylic acids is 3. The zero-order chi connectivity index (χ0) is 19.7. The highest BCUT2D eigenvalue weighted by molar-refractivity contribution is 6.22. The maximum absolute atomic E-state index is 12.6. The van der Waals surface area contributed by atoms with Crippen molar-refractivity contribution in [1.29, 1.82) is 0 Å². The number of hydrogen-bond donors (Lipinski definition) is 0. The van der Waals surface area contributed by atoms with E-state index in [1.165, 1.54) is 23.1 Å². The minimum Gasteiger partial charge on any atom is -0.452 e. The quantitative estimate of drug-likeness (QED) is 0.546. The van der Waals surface area contributed by atoms with Crippen LogP contribution in [-0.4, -0.2) is 52.1 Å². The van der Waals surface area contributed by atoms with Crippen LogP contribution >= 0.6 is 0 Å². The maximum Gasteiger partial charge on any atom is 0.338 e. The van der Waals surface area contributed by atoms with Gasteiger partial charge in [-0.25, -0.2) is 4.79 Å². The average molecular weight is 385 g/mol. The second-order valence-corrected chi connectivity index (χ2v) is 6.65. The van der Waals surface area contributed by atoms with E-state index in [1.807, 2.05) is 6.92 Å². The van der Waals surface area contributed by atoms with Crippen LogP contribution in [0.3, 0.4) is 0 Å². The van der Waals surface area contributed by atoms with Gasteiger partial charge in [-0.15, -0.1) is 0 Å². The number of benzene rings is 1. The highest BCUT2D eigenvalue weighted by Crippen LogP contribution is 2.26. The second kappa shape index (κ2) is 7.51. The van der Waals surface area contributed by atoms with E-state index in [9.17, 15) is 14.4 Å². The summed E-state index contributed by atoms with van der Waals surface area (Å²) in [5.74, 6) is -0.709. The summed E-state index contributed by atoms with van der Waals surface area (Å²) in [5, 5.41) is 3.73. The van der Waals surface area contributed by atoms with Gasteiger partial charge in [-0.3, -0.25) is 14.5 Å². The highest BCUT2D eigenvalue weighted by Gasteiger charge is 2.38. The van der Waals surface area contributed by atoms with Gasteiger partial charge in [0.2, 0.25) is 0 Å². The van der Waals surface area contributed by atoms with E-state index in [2.05, 4.69) is 10.1 Å². The molecule has 1 atom stereocenters. The van der Waals surface area contributed by atoms with Crippen molar-refractivity contribution in [2.24, 2.45) is 0 Å². The lowest BCUT2D eigenvalue weighted by atomic mass is 10.1. The van der Waals surface area contributed by atoms with E-state index in [1.54, 1.807) is 0 Å². The van der Waals surface area contributed by atoms with Gasteiger partial charge in [0.15, 0.2) is 12.4 Å². The van der Waals surface area contributed by atoms with E-state index in [-0.39, 0.29) is 47.7 Å². The summed E-state index contributed by atoms with van der Waals surface area (Å²) in [4.78, 5) is 42.7. The van der Waals surface area contributed by atoms with Crippen LogP contribution in [0.25, 0.3) is 0 Å². The number of aryl methyl sites for hydroxylation is 1. The monoisotopic (exact) mass is 385 g/mol. The van der Waals surface area contributed by atoms with E-state index in [4.69, 9.17) is 14.0 Å². The number of rotatable bonds is 6. The largest absolute Gasteiger partial charge is 0.452 e. The molecule has 0 bridgehead atoms. The Morgan fingerprint density at radius 1 is 1.29 bits per heavy atom. The minimum atomic E-state index is -0.642. The maximum atomic E-state index is 12.6. The Bertz CT molecular complexity index is 932. The number of fused-ring (bicyclic) bond motifs is 1. The van der Waals surface area contributed by atoms with Gasteiger partial charge in [-0.1, -0.05) is 12.1 Å². The van der Waals surface area contributed by atoms with Crippen molar-refractivity contribution >= 4 is 17.8 Å². The third kappa shape index (κ3) is 3.40. The molecule has 1 aromatic carbocycles. The molecule has 9 nitrogen and oxygen atoms in total. The summed E-state index contributed by atoms with van der Waals surface area (Å²) in [7, 11) is 0. The van der Waals surface area contributed by atoms with E-state index in [0.717, 1.165) is 12.8 Å². The van der Waals surface area contributed by atoms with Crippen molar-refractivity contribution in [1.82, 2.24) is 15.0 Å². The fourth-order valence-electron chi connectivity index (χ4n) is 3.28. The van der Waals surface area contributed by atoms with Crippen molar-refractivity contribution in [3.8, 4) is 0 Å². The van der Waals surface area contributed by atoms with Gasteiger partial charge in [0.05, 0.1) is 29.3 Å². The summed E-state index contributed by atoms with van der Waals surface area (Å²) in [6.07, 6.45) is 2.22.